The van der Waals surface area contributed by atoms with E-state index in [1.54, 1.807) is 25.1 Å². The van der Waals surface area contributed by atoms with E-state index in [-0.39, 0.29) is 11.3 Å². The molecule has 1 fully saturated rings. The van der Waals surface area contributed by atoms with Gasteiger partial charge in [-0.15, -0.1) is 0 Å². The van der Waals surface area contributed by atoms with Crippen molar-refractivity contribution in [1.82, 2.24) is 4.90 Å². The molecule has 33 heavy (non-hydrogen) atoms. The Balaban J connectivity index is 1.48. The highest BCUT2D eigenvalue weighted by Gasteiger charge is 2.26. The Morgan fingerprint density at radius 1 is 0.879 bits per heavy atom. The summed E-state index contributed by atoms with van der Waals surface area (Å²) in [5.41, 5.74) is 2.95. The number of carbonyl (C=O) groups is 1. The number of halogens is 1. The van der Waals surface area contributed by atoms with Gasteiger partial charge in [-0.25, -0.2) is 0 Å². The minimum Gasteiger partial charge on any atom is -0.455 e. The van der Waals surface area contributed by atoms with Gasteiger partial charge in [0.25, 0.3) is 5.91 Å². The van der Waals surface area contributed by atoms with Crippen molar-refractivity contribution in [1.29, 1.82) is 0 Å². The molecular weight excluding hydrogens is 436 g/mol. The van der Waals surface area contributed by atoms with Crippen LogP contribution >= 0.6 is 11.6 Å². The van der Waals surface area contributed by atoms with E-state index in [1.165, 1.54) is 0 Å². The maximum Gasteiger partial charge on any atom is 0.257 e. The first-order valence-corrected chi connectivity index (χ1v) is 11.3. The Morgan fingerprint density at radius 3 is 2.30 bits per heavy atom. The second-order valence-corrected chi connectivity index (χ2v) is 8.57. The zero-order chi connectivity index (χ0) is 22.9. The number of para-hydroxylation sites is 2. The lowest BCUT2D eigenvalue weighted by atomic mass is 10.0. The van der Waals surface area contributed by atoms with Gasteiger partial charge in [-0.3, -0.25) is 9.59 Å². The molecule has 1 aliphatic rings. The molecule has 1 aliphatic heterocycles. The second kappa shape index (κ2) is 8.75. The van der Waals surface area contributed by atoms with Crippen LogP contribution in [0.4, 0.5) is 5.69 Å². The molecule has 5 nitrogen and oxygen atoms in total. The highest BCUT2D eigenvalue weighted by molar-refractivity contribution is 6.33. The van der Waals surface area contributed by atoms with E-state index in [9.17, 15) is 9.59 Å². The molecule has 1 aromatic heterocycles. The van der Waals surface area contributed by atoms with Crippen molar-refractivity contribution in [3.63, 3.8) is 0 Å². The van der Waals surface area contributed by atoms with Crippen LogP contribution in [0.1, 0.15) is 15.9 Å². The molecule has 0 atom stereocenters. The lowest BCUT2D eigenvalue weighted by Gasteiger charge is -2.36. The molecule has 3 aromatic carbocycles. The van der Waals surface area contributed by atoms with Crippen molar-refractivity contribution in [2.75, 3.05) is 31.1 Å². The summed E-state index contributed by atoms with van der Waals surface area (Å²) in [6.07, 6.45) is 0. The van der Waals surface area contributed by atoms with Crippen LogP contribution in [-0.4, -0.2) is 37.0 Å². The Kier molecular flexibility index (Phi) is 5.65. The number of nitrogens with zero attached hydrogens (tertiary/aromatic N) is 2. The van der Waals surface area contributed by atoms with Gasteiger partial charge < -0.3 is 14.2 Å². The highest BCUT2D eigenvalue weighted by atomic mass is 35.5. The number of rotatable bonds is 3. The molecule has 4 aromatic rings. The van der Waals surface area contributed by atoms with Crippen molar-refractivity contribution in [2.24, 2.45) is 0 Å². The monoisotopic (exact) mass is 458 g/mol. The van der Waals surface area contributed by atoms with E-state index < -0.39 is 0 Å². The smallest absolute Gasteiger partial charge is 0.257 e. The molecule has 0 N–H and O–H groups in total. The van der Waals surface area contributed by atoms with Crippen LogP contribution < -0.4 is 10.3 Å². The summed E-state index contributed by atoms with van der Waals surface area (Å²) in [5.74, 6) is 0.363. The number of amides is 1. The predicted molar refractivity (Wildman–Crippen MR) is 132 cm³/mol. The summed E-state index contributed by atoms with van der Waals surface area (Å²) in [6.45, 7) is 4.23. The molecule has 0 bridgehead atoms. The SMILES string of the molecule is Cc1c(-c2ccccc2)oc2c(C(=O)N3CCN(c4ccccc4Cl)CC3)cccc2c1=O. The molecule has 166 valence electrons. The Hall–Kier alpha value is -3.57. The fourth-order valence-electron chi connectivity index (χ4n) is 4.37. The number of piperazine rings is 1. The normalized spacial score (nSPS) is 14.0. The first-order valence-electron chi connectivity index (χ1n) is 10.9. The van der Waals surface area contributed by atoms with E-state index in [0.29, 0.717) is 59.1 Å². The maximum absolute atomic E-state index is 13.5. The van der Waals surface area contributed by atoms with Crippen LogP contribution in [-0.2, 0) is 0 Å². The highest BCUT2D eigenvalue weighted by Crippen LogP contribution is 2.29. The van der Waals surface area contributed by atoms with Crippen molar-refractivity contribution in [3.05, 3.63) is 99.2 Å². The summed E-state index contributed by atoms with van der Waals surface area (Å²) in [5, 5.41) is 1.13. The molecule has 0 aliphatic carbocycles. The van der Waals surface area contributed by atoms with Crippen LogP contribution in [0.15, 0.2) is 82.0 Å². The largest absolute Gasteiger partial charge is 0.455 e. The molecule has 0 spiro atoms. The van der Waals surface area contributed by atoms with Crippen LogP contribution in [0.25, 0.3) is 22.3 Å². The van der Waals surface area contributed by atoms with Gasteiger partial charge in [-0.2, -0.15) is 0 Å². The quantitative estimate of drug-likeness (QED) is 0.413. The van der Waals surface area contributed by atoms with Crippen LogP contribution in [0.3, 0.4) is 0 Å². The van der Waals surface area contributed by atoms with Gasteiger partial charge in [0.1, 0.15) is 5.76 Å². The van der Waals surface area contributed by atoms with Gasteiger partial charge >= 0.3 is 0 Å². The average Bonchev–Trinajstić information content (AvgIpc) is 2.86. The summed E-state index contributed by atoms with van der Waals surface area (Å²) in [7, 11) is 0. The number of carbonyl (C=O) groups excluding carboxylic acids is 1. The minimum absolute atomic E-state index is 0.117. The van der Waals surface area contributed by atoms with E-state index in [1.807, 2.05) is 59.5 Å². The zero-order valence-electron chi connectivity index (χ0n) is 18.3. The molecule has 0 unspecified atom stereocenters. The van der Waals surface area contributed by atoms with Crippen LogP contribution in [0, 0.1) is 6.92 Å². The third kappa shape index (κ3) is 3.89. The average molecular weight is 459 g/mol. The van der Waals surface area contributed by atoms with Crippen molar-refractivity contribution in [3.8, 4) is 11.3 Å². The Labute approximate surface area is 196 Å². The molecule has 1 saturated heterocycles. The number of hydrogen-bond acceptors (Lipinski definition) is 4. The molecule has 0 radical (unpaired) electrons. The molecule has 1 amide bonds. The lowest BCUT2D eigenvalue weighted by molar-refractivity contribution is 0.0747. The standard InChI is InChI=1S/C27H23ClN2O3/c1-18-24(31)20-10-7-11-21(26(20)33-25(18)19-8-3-2-4-9-19)27(32)30-16-14-29(15-17-30)23-13-6-5-12-22(23)28/h2-13H,14-17H2,1H3. The number of benzene rings is 3. The number of anilines is 1. The topological polar surface area (TPSA) is 53.8 Å². The predicted octanol–water partition coefficient (Wildman–Crippen LogP) is 5.38. The van der Waals surface area contributed by atoms with Crippen molar-refractivity contribution >= 4 is 34.2 Å². The molecule has 0 saturated carbocycles. The molecule has 5 rings (SSSR count). The van der Waals surface area contributed by atoms with Gasteiger partial charge in [0.15, 0.2) is 11.0 Å². The molecule has 2 heterocycles. The summed E-state index contributed by atoms with van der Waals surface area (Å²) < 4.78 is 6.23. The van der Waals surface area contributed by atoms with Crippen molar-refractivity contribution < 1.29 is 9.21 Å². The minimum atomic E-state index is -0.134. The first-order chi connectivity index (χ1) is 16.0. The fourth-order valence-corrected chi connectivity index (χ4v) is 4.63. The third-order valence-corrected chi connectivity index (χ3v) is 6.49. The lowest BCUT2D eigenvalue weighted by Crippen LogP contribution is -2.49. The third-order valence-electron chi connectivity index (χ3n) is 6.17. The number of hydrogen-bond donors (Lipinski definition) is 0. The van der Waals surface area contributed by atoms with E-state index >= 15 is 0 Å². The number of fused-ring (bicyclic) bond motifs is 1. The molecular formula is C27H23ClN2O3. The first kappa shape index (κ1) is 21.3. The van der Waals surface area contributed by atoms with Gasteiger partial charge in [0.05, 0.1) is 21.7 Å². The fraction of sp³-hybridized carbons (Fsp3) is 0.185. The molecule has 6 heteroatoms. The Bertz CT molecular complexity index is 1390. The van der Waals surface area contributed by atoms with Gasteiger partial charge in [0, 0.05) is 37.3 Å². The van der Waals surface area contributed by atoms with E-state index in [0.717, 1.165) is 11.3 Å². The van der Waals surface area contributed by atoms with Crippen molar-refractivity contribution in [2.45, 2.75) is 6.92 Å². The second-order valence-electron chi connectivity index (χ2n) is 8.16. The van der Waals surface area contributed by atoms with Crippen LogP contribution in [0.5, 0.6) is 0 Å². The Morgan fingerprint density at radius 2 is 1.58 bits per heavy atom. The zero-order valence-corrected chi connectivity index (χ0v) is 19.0. The summed E-state index contributed by atoms with van der Waals surface area (Å²) >= 11 is 6.35. The van der Waals surface area contributed by atoms with E-state index in [2.05, 4.69) is 4.90 Å². The summed E-state index contributed by atoms with van der Waals surface area (Å²) in [6, 6.07) is 22.4. The van der Waals surface area contributed by atoms with Gasteiger partial charge in [-0.1, -0.05) is 60.1 Å². The summed E-state index contributed by atoms with van der Waals surface area (Å²) in [4.78, 5) is 30.6. The van der Waals surface area contributed by atoms with Crippen LogP contribution in [0.2, 0.25) is 5.02 Å². The van der Waals surface area contributed by atoms with Gasteiger partial charge in [0.2, 0.25) is 0 Å². The van der Waals surface area contributed by atoms with Gasteiger partial charge in [-0.05, 0) is 31.2 Å². The van der Waals surface area contributed by atoms with E-state index in [4.69, 9.17) is 16.0 Å². The maximum atomic E-state index is 13.5.